The second kappa shape index (κ2) is 11.2. The Morgan fingerprint density at radius 3 is 2.60 bits per heavy atom. The van der Waals surface area contributed by atoms with E-state index in [4.69, 9.17) is 0 Å². The summed E-state index contributed by atoms with van der Waals surface area (Å²) < 4.78 is 32.4. The molecule has 0 bridgehead atoms. The van der Waals surface area contributed by atoms with Gasteiger partial charge in [-0.15, -0.1) is 0 Å². The first-order valence-corrected chi connectivity index (χ1v) is 16.9. The number of nitrogens with zero attached hydrogens (tertiary/aromatic N) is 7. The van der Waals surface area contributed by atoms with Crippen LogP contribution in [0.1, 0.15) is 30.9 Å². The maximum Gasteiger partial charge on any atom is 0.323 e. The summed E-state index contributed by atoms with van der Waals surface area (Å²) in [6, 6.07) is 10.7. The number of carbonyl (C=O) groups excluding carboxylic acids is 1. The molecule has 3 aromatic heterocycles. The lowest BCUT2D eigenvalue weighted by atomic mass is 10.0. The third-order valence-electron chi connectivity index (χ3n) is 8.16. The van der Waals surface area contributed by atoms with Gasteiger partial charge in [0.2, 0.25) is 10.3 Å². The van der Waals surface area contributed by atoms with Gasteiger partial charge in [0.25, 0.3) is 10.0 Å². The quantitative estimate of drug-likeness (QED) is 0.288. The Morgan fingerprint density at radius 2 is 1.93 bits per heavy atom. The highest BCUT2D eigenvalue weighted by Crippen LogP contribution is 2.43. The van der Waals surface area contributed by atoms with Crippen molar-refractivity contribution < 1.29 is 13.2 Å². The van der Waals surface area contributed by atoms with Crippen LogP contribution in [0.5, 0.6) is 0 Å². The Hall–Kier alpha value is -3.67. The lowest BCUT2D eigenvalue weighted by molar-refractivity contribution is 0.218. The minimum Gasteiger partial charge on any atom is -0.370 e. The second-order valence-electron chi connectivity index (χ2n) is 10.7. The molecule has 14 heteroatoms. The van der Waals surface area contributed by atoms with Crippen molar-refractivity contribution in [3.63, 3.8) is 0 Å². The number of hydrogen-bond donors (Lipinski definition) is 1. The molecule has 1 saturated heterocycles. The predicted molar refractivity (Wildman–Crippen MR) is 164 cm³/mol. The normalized spacial score (nSPS) is 20.0. The molecule has 2 fully saturated rings. The molecule has 4 aromatic rings. The highest BCUT2D eigenvalue weighted by molar-refractivity contribution is 7.99. The van der Waals surface area contributed by atoms with Gasteiger partial charge in [-0.25, -0.2) is 22.2 Å². The number of anilines is 2. The fourth-order valence-corrected chi connectivity index (χ4v) is 8.64. The van der Waals surface area contributed by atoms with Crippen LogP contribution in [0.4, 0.5) is 15.6 Å². The highest BCUT2D eigenvalue weighted by Gasteiger charge is 2.44. The first kappa shape index (κ1) is 28.4. The second-order valence-corrected chi connectivity index (χ2v) is 14.5. The summed E-state index contributed by atoms with van der Waals surface area (Å²) >= 11 is 2.73. The average molecular weight is 623 g/mol. The minimum atomic E-state index is -3.87. The molecule has 0 spiro atoms. The van der Waals surface area contributed by atoms with Gasteiger partial charge in [-0.1, -0.05) is 36.4 Å². The summed E-state index contributed by atoms with van der Waals surface area (Å²) in [5.41, 5.74) is 2.33. The Bertz CT molecular complexity index is 1780. The molecule has 2 aliphatic rings. The van der Waals surface area contributed by atoms with E-state index < -0.39 is 10.0 Å². The lowest BCUT2D eigenvalue weighted by Gasteiger charge is -2.29. The molecule has 1 saturated carbocycles. The number of carbonyl (C=O) groups is 1. The van der Waals surface area contributed by atoms with Crippen LogP contribution in [0, 0.1) is 30.1 Å². The van der Waals surface area contributed by atoms with Crippen molar-refractivity contribution in [2.24, 2.45) is 11.8 Å². The van der Waals surface area contributed by atoms with E-state index in [1.165, 1.54) is 39.7 Å². The van der Waals surface area contributed by atoms with Gasteiger partial charge in [0, 0.05) is 55.5 Å². The van der Waals surface area contributed by atoms with Gasteiger partial charge in [-0.05, 0) is 55.6 Å². The molecular formula is C28H30N8O3S3. The Kier molecular flexibility index (Phi) is 7.59. The number of nitrogens with one attached hydrogen (secondary N) is 1. The van der Waals surface area contributed by atoms with Crippen molar-refractivity contribution in [1.82, 2.24) is 23.2 Å². The molecule has 6 rings (SSSR count). The number of rotatable bonds is 7. The Balaban J connectivity index is 1.19. The first-order valence-electron chi connectivity index (χ1n) is 13.7. The van der Waals surface area contributed by atoms with Crippen molar-refractivity contribution in [2.75, 3.05) is 36.1 Å². The van der Waals surface area contributed by atoms with Crippen molar-refractivity contribution >= 4 is 61.2 Å². The van der Waals surface area contributed by atoms with E-state index in [-0.39, 0.29) is 22.6 Å². The van der Waals surface area contributed by atoms with E-state index in [0.717, 1.165) is 24.2 Å². The monoisotopic (exact) mass is 622 g/mol. The van der Waals surface area contributed by atoms with Crippen LogP contribution < -0.4 is 10.2 Å². The molecule has 42 heavy (non-hydrogen) atoms. The molecular weight excluding hydrogens is 593 g/mol. The number of likely N-dealkylation sites (tertiary alicyclic amines) is 1. The Labute approximate surface area is 252 Å². The smallest absolute Gasteiger partial charge is 0.323 e. The van der Waals surface area contributed by atoms with Gasteiger partial charge < -0.3 is 9.80 Å². The number of aromatic nitrogens is 4. The van der Waals surface area contributed by atoms with Crippen LogP contribution >= 0.6 is 23.3 Å². The molecule has 11 nitrogen and oxygen atoms in total. The van der Waals surface area contributed by atoms with Crippen LogP contribution in [0.15, 0.2) is 52.8 Å². The van der Waals surface area contributed by atoms with Gasteiger partial charge in [0.05, 0.1) is 16.1 Å². The summed E-state index contributed by atoms with van der Waals surface area (Å²) in [6.07, 6.45) is 4.68. The maximum atomic E-state index is 13.5. The van der Waals surface area contributed by atoms with E-state index >= 15 is 0 Å². The molecule has 0 radical (unpaired) electrons. The standard InChI is InChI=1S/C28H30N8O3S3/c1-4-40-27-31-26(41-33-27)32-28(37)35-15-18-11-21(12-19(18)16-35)34(3)24-20(13-29)14-30-25-23(24)9-10-36(25)42(38,39)22-7-5-17(2)6-8-22/h5-10,14,18-19,21H,4,11-12,15-16H2,1-3H3,(H,31,32,33,37)/t18-,19+,21?. The van der Waals surface area contributed by atoms with Gasteiger partial charge in [0.1, 0.15) is 6.07 Å². The number of amides is 2. The number of hydrogen-bond acceptors (Lipinski definition) is 10. The zero-order valence-corrected chi connectivity index (χ0v) is 25.8. The van der Waals surface area contributed by atoms with Crippen molar-refractivity contribution in [3.05, 3.63) is 53.9 Å². The number of aryl methyl sites for hydroxylation is 1. The molecule has 1 unspecified atom stereocenters. The van der Waals surface area contributed by atoms with Crippen LogP contribution in [-0.2, 0) is 10.0 Å². The van der Waals surface area contributed by atoms with Crippen molar-refractivity contribution in [3.8, 4) is 6.07 Å². The van der Waals surface area contributed by atoms with Gasteiger partial charge >= 0.3 is 6.03 Å². The maximum absolute atomic E-state index is 13.5. The summed E-state index contributed by atoms with van der Waals surface area (Å²) in [7, 11) is -1.91. The average Bonchev–Trinajstić information content (AvgIpc) is 3.76. The lowest BCUT2D eigenvalue weighted by Crippen LogP contribution is -2.36. The molecule has 218 valence electrons. The molecule has 1 aromatic carbocycles. The predicted octanol–water partition coefficient (Wildman–Crippen LogP) is 4.80. The molecule has 2 amide bonds. The number of nitriles is 1. The molecule has 1 aliphatic carbocycles. The zero-order chi connectivity index (χ0) is 29.6. The minimum absolute atomic E-state index is 0.136. The van der Waals surface area contributed by atoms with E-state index in [2.05, 4.69) is 30.6 Å². The van der Waals surface area contributed by atoms with Crippen LogP contribution in [0.25, 0.3) is 11.0 Å². The number of fused-ring (bicyclic) bond motifs is 2. The Morgan fingerprint density at radius 1 is 1.21 bits per heavy atom. The van der Waals surface area contributed by atoms with E-state index in [1.807, 2.05) is 25.8 Å². The summed E-state index contributed by atoms with van der Waals surface area (Å²) in [5, 5.41) is 14.6. The zero-order valence-electron chi connectivity index (χ0n) is 23.4. The van der Waals surface area contributed by atoms with Gasteiger partial charge in [-0.2, -0.15) is 14.6 Å². The third-order valence-corrected chi connectivity index (χ3v) is 11.3. The van der Waals surface area contributed by atoms with E-state index in [9.17, 15) is 18.5 Å². The fourth-order valence-electron chi connectivity index (χ4n) is 6.08. The van der Waals surface area contributed by atoms with Crippen LogP contribution in [0.3, 0.4) is 0 Å². The summed E-state index contributed by atoms with van der Waals surface area (Å²) in [6.45, 7) is 5.24. The van der Waals surface area contributed by atoms with E-state index in [1.54, 1.807) is 30.3 Å². The van der Waals surface area contributed by atoms with Crippen LogP contribution in [0.2, 0.25) is 0 Å². The first-order chi connectivity index (χ1) is 20.2. The summed E-state index contributed by atoms with van der Waals surface area (Å²) in [5.74, 6) is 1.53. The molecule has 1 aliphatic heterocycles. The summed E-state index contributed by atoms with van der Waals surface area (Å²) in [4.78, 5) is 25.8. The SMILES string of the molecule is CCSc1nsc(NC(=O)N2C[C@H]3CC(N(C)c4c(C#N)cnc5c4ccn5S(=O)(=O)c4ccc(C)cc4)C[C@H]3C2)n1. The van der Waals surface area contributed by atoms with Crippen molar-refractivity contribution in [1.29, 1.82) is 5.26 Å². The molecule has 3 atom stereocenters. The number of urea groups is 1. The fraction of sp³-hybridized carbons (Fsp3) is 0.393. The van der Waals surface area contributed by atoms with Gasteiger partial charge in [0.15, 0.2) is 5.65 Å². The largest absolute Gasteiger partial charge is 0.370 e. The molecule has 1 N–H and O–H groups in total. The topological polar surface area (TPSA) is 137 Å². The number of benzene rings is 1. The van der Waals surface area contributed by atoms with E-state index in [0.29, 0.717) is 51.9 Å². The number of thioether (sulfide) groups is 1. The highest BCUT2D eigenvalue weighted by atomic mass is 32.2. The van der Waals surface area contributed by atoms with Gasteiger partial charge in [-0.3, -0.25) is 5.32 Å². The van der Waals surface area contributed by atoms with Crippen LogP contribution in [-0.4, -0.2) is 69.6 Å². The third kappa shape index (κ3) is 5.10. The molecule has 4 heterocycles. The number of pyridine rings is 1. The van der Waals surface area contributed by atoms with Crippen molar-refractivity contribution in [2.45, 2.75) is 42.8 Å².